The van der Waals surface area contributed by atoms with Crippen LogP contribution in [0, 0.1) is 0 Å². The molecule has 0 unspecified atom stereocenters. The number of nitrogens with one attached hydrogen (secondary N) is 1. The number of ether oxygens (including phenoxy) is 1. The van der Waals surface area contributed by atoms with Crippen LogP contribution in [0.15, 0.2) is 12.7 Å². The molecule has 2 N–H and O–H groups in total. The maximum absolute atomic E-state index is 11.7. The maximum atomic E-state index is 11.7. The van der Waals surface area contributed by atoms with Crippen LogP contribution in [0.4, 0.5) is 0 Å². The highest BCUT2D eigenvalue weighted by Gasteiger charge is 2.23. The van der Waals surface area contributed by atoms with Crippen LogP contribution in [0.1, 0.15) is 46.5 Å². The van der Waals surface area contributed by atoms with Gasteiger partial charge in [-0.3, -0.25) is 14.4 Å². The lowest BCUT2D eigenvalue weighted by atomic mass is 10.1. The van der Waals surface area contributed by atoms with Crippen LogP contribution in [0.5, 0.6) is 0 Å². The van der Waals surface area contributed by atoms with Gasteiger partial charge in [0.1, 0.15) is 5.60 Å². The molecule has 0 saturated heterocycles. The molecule has 0 aromatic rings. The van der Waals surface area contributed by atoms with Crippen molar-refractivity contribution in [1.82, 2.24) is 5.32 Å². The first kappa shape index (κ1) is 18.1. The number of hydrogen-bond acceptors (Lipinski definition) is 4. The number of carbonyl (C=O) groups is 3. The van der Waals surface area contributed by atoms with Gasteiger partial charge in [-0.2, -0.15) is 0 Å². The van der Waals surface area contributed by atoms with Crippen LogP contribution in [-0.4, -0.2) is 34.6 Å². The normalized spacial score (nSPS) is 12.3. The Hall–Kier alpha value is -1.85. The molecule has 20 heavy (non-hydrogen) atoms. The van der Waals surface area contributed by atoms with Crippen molar-refractivity contribution in [3.8, 4) is 0 Å². The van der Waals surface area contributed by atoms with E-state index in [1.165, 1.54) is 0 Å². The third-order valence-corrected chi connectivity index (χ3v) is 2.19. The van der Waals surface area contributed by atoms with Gasteiger partial charge in [-0.05, 0) is 27.2 Å². The highest BCUT2D eigenvalue weighted by atomic mass is 16.6. The summed E-state index contributed by atoms with van der Waals surface area (Å²) in [5.41, 5.74) is -0.641. The van der Waals surface area contributed by atoms with Crippen molar-refractivity contribution < 1.29 is 24.2 Å². The van der Waals surface area contributed by atoms with E-state index >= 15 is 0 Å². The molecule has 0 aliphatic rings. The third-order valence-electron chi connectivity index (χ3n) is 2.19. The SMILES string of the molecule is C=CCCC(=O)N[C@@H](CC(=O)O)CC(=O)OC(C)(C)C. The van der Waals surface area contributed by atoms with Crippen molar-refractivity contribution in [2.24, 2.45) is 0 Å². The highest BCUT2D eigenvalue weighted by Crippen LogP contribution is 2.10. The summed E-state index contributed by atoms with van der Waals surface area (Å²) < 4.78 is 5.11. The lowest BCUT2D eigenvalue weighted by molar-refractivity contribution is -0.155. The number of amides is 1. The molecule has 0 saturated carbocycles. The molecule has 0 aromatic carbocycles. The summed E-state index contributed by atoms with van der Waals surface area (Å²) in [5.74, 6) is -1.92. The van der Waals surface area contributed by atoms with Gasteiger partial charge in [0.15, 0.2) is 0 Å². The van der Waals surface area contributed by atoms with Crippen molar-refractivity contribution in [3.05, 3.63) is 12.7 Å². The molecule has 0 rings (SSSR count). The van der Waals surface area contributed by atoms with Gasteiger partial charge in [-0.1, -0.05) is 6.08 Å². The molecule has 114 valence electrons. The molecule has 1 atom stereocenters. The molecule has 1 amide bonds. The molecule has 0 aromatic heterocycles. The summed E-state index contributed by atoms with van der Waals surface area (Å²) in [6, 6.07) is -0.764. The summed E-state index contributed by atoms with van der Waals surface area (Å²) in [7, 11) is 0. The van der Waals surface area contributed by atoms with Gasteiger partial charge < -0.3 is 15.2 Å². The molecule has 0 aliphatic carbocycles. The minimum absolute atomic E-state index is 0.163. The summed E-state index contributed by atoms with van der Waals surface area (Å²) in [6.45, 7) is 8.67. The van der Waals surface area contributed by atoms with Crippen LogP contribution in [0.2, 0.25) is 0 Å². The van der Waals surface area contributed by atoms with E-state index in [1.54, 1.807) is 26.8 Å². The van der Waals surface area contributed by atoms with E-state index in [2.05, 4.69) is 11.9 Å². The number of rotatable bonds is 8. The zero-order chi connectivity index (χ0) is 15.8. The van der Waals surface area contributed by atoms with E-state index in [0.29, 0.717) is 6.42 Å². The van der Waals surface area contributed by atoms with Crippen molar-refractivity contribution in [2.45, 2.75) is 58.1 Å². The first-order valence-electron chi connectivity index (χ1n) is 6.48. The fourth-order valence-corrected chi connectivity index (χ4v) is 1.50. The monoisotopic (exact) mass is 285 g/mol. The van der Waals surface area contributed by atoms with Crippen LogP contribution >= 0.6 is 0 Å². The molecule has 0 spiro atoms. The summed E-state index contributed by atoms with van der Waals surface area (Å²) in [4.78, 5) is 34.0. The third kappa shape index (κ3) is 10.1. The number of hydrogen-bond donors (Lipinski definition) is 2. The quantitative estimate of drug-likeness (QED) is 0.522. The second-order valence-electron chi connectivity index (χ2n) is 5.48. The van der Waals surface area contributed by atoms with E-state index in [-0.39, 0.29) is 25.2 Å². The second kappa shape index (κ2) is 8.35. The molecule has 0 aliphatic heterocycles. The number of aliphatic carboxylic acids is 1. The van der Waals surface area contributed by atoms with Gasteiger partial charge in [0.2, 0.25) is 5.91 Å². The Morgan fingerprint density at radius 1 is 1.30 bits per heavy atom. The van der Waals surface area contributed by atoms with E-state index in [0.717, 1.165) is 0 Å². The van der Waals surface area contributed by atoms with Crippen LogP contribution in [-0.2, 0) is 19.1 Å². The number of carboxylic acids is 1. The molecule has 6 heteroatoms. The van der Waals surface area contributed by atoms with Crippen molar-refractivity contribution in [1.29, 1.82) is 0 Å². The van der Waals surface area contributed by atoms with E-state index < -0.39 is 23.6 Å². The smallest absolute Gasteiger partial charge is 0.308 e. The zero-order valence-electron chi connectivity index (χ0n) is 12.3. The van der Waals surface area contributed by atoms with Gasteiger partial charge >= 0.3 is 11.9 Å². The first-order chi connectivity index (χ1) is 9.14. The Labute approximate surface area is 119 Å². The van der Waals surface area contributed by atoms with Crippen LogP contribution in [0.25, 0.3) is 0 Å². The van der Waals surface area contributed by atoms with E-state index in [4.69, 9.17) is 9.84 Å². The molecule has 0 bridgehead atoms. The largest absolute Gasteiger partial charge is 0.481 e. The van der Waals surface area contributed by atoms with Crippen LogP contribution < -0.4 is 5.32 Å². The maximum Gasteiger partial charge on any atom is 0.308 e. The highest BCUT2D eigenvalue weighted by molar-refractivity contribution is 5.79. The number of carboxylic acid groups (broad SMARTS) is 1. The zero-order valence-corrected chi connectivity index (χ0v) is 12.3. The van der Waals surface area contributed by atoms with Gasteiger partial charge in [0.05, 0.1) is 12.8 Å². The Bertz CT molecular complexity index is 370. The lowest BCUT2D eigenvalue weighted by Gasteiger charge is -2.22. The van der Waals surface area contributed by atoms with Crippen molar-refractivity contribution in [3.63, 3.8) is 0 Å². The summed E-state index contributed by atoms with van der Waals surface area (Å²) >= 11 is 0. The second-order valence-corrected chi connectivity index (χ2v) is 5.48. The molecule has 0 heterocycles. The molecule has 0 fully saturated rings. The first-order valence-corrected chi connectivity index (χ1v) is 6.48. The fraction of sp³-hybridized carbons (Fsp3) is 0.643. The Balaban J connectivity index is 4.48. The minimum Gasteiger partial charge on any atom is -0.481 e. The summed E-state index contributed by atoms with van der Waals surface area (Å²) in [6.07, 6.45) is 1.83. The number of carbonyl (C=O) groups excluding carboxylic acids is 2. The molecular weight excluding hydrogens is 262 g/mol. The minimum atomic E-state index is -1.08. The molecule has 0 radical (unpaired) electrons. The molecule has 6 nitrogen and oxygen atoms in total. The lowest BCUT2D eigenvalue weighted by Crippen LogP contribution is -2.39. The average molecular weight is 285 g/mol. The topological polar surface area (TPSA) is 92.7 Å². The summed E-state index contributed by atoms with van der Waals surface area (Å²) in [5, 5.41) is 11.3. The van der Waals surface area contributed by atoms with Crippen molar-refractivity contribution in [2.75, 3.05) is 0 Å². The van der Waals surface area contributed by atoms with Crippen molar-refractivity contribution >= 4 is 17.8 Å². The van der Waals surface area contributed by atoms with Gasteiger partial charge in [-0.25, -0.2) is 0 Å². The van der Waals surface area contributed by atoms with Gasteiger partial charge in [0.25, 0.3) is 0 Å². The van der Waals surface area contributed by atoms with Gasteiger partial charge in [0, 0.05) is 12.5 Å². The van der Waals surface area contributed by atoms with E-state index in [9.17, 15) is 14.4 Å². The predicted molar refractivity (Wildman–Crippen MR) is 74.1 cm³/mol. The van der Waals surface area contributed by atoms with Crippen LogP contribution in [0.3, 0.4) is 0 Å². The average Bonchev–Trinajstić information content (AvgIpc) is 2.22. The number of allylic oxidation sites excluding steroid dienone is 1. The molecular formula is C14H23NO5. The number of esters is 1. The standard InChI is InChI=1S/C14H23NO5/c1-5-6-7-11(16)15-10(8-12(17)18)9-13(19)20-14(2,3)4/h5,10H,1,6-9H2,2-4H3,(H,15,16)(H,17,18)/t10-/m0/s1. The Kier molecular flexibility index (Phi) is 7.57. The Morgan fingerprint density at radius 3 is 2.35 bits per heavy atom. The Morgan fingerprint density at radius 2 is 1.90 bits per heavy atom. The fourth-order valence-electron chi connectivity index (χ4n) is 1.50. The van der Waals surface area contributed by atoms with Gasteiger partial charge in [-0.15, -0.1) is 6.58 Å². The van der Waals surface area contributed by atoms with E-state index in [1.807, 2.05) is 0 Å². The predicted octanol–water partition coefficient (Wildman–Crippen LogP) is 1.64.